The third kappa shape index (κ3) is 3.60. The van der Waals surface area contributed by atoms with Gasteiger partial charge in [-0.05, 0) is 50.1 Å². The molecule has 7 heteroatoms. The third-order valence-electron chi connectivity index (χ3n) is 5.11. The highest BCUT2D eigenvalue weighted by Gasteiger charge is 2.26. The number of fused-ring (bicyclic) bond motifs is 1. The fraction of sp³-hybridized carbons (Fsp3) is 0.286. The van der Waals surface area contributed by atoms with Crippen molar-refractivity contribution < 1.29 is 18.4 Å². The minimum absolute atomic E-state index is 0.00896. The van der Waals surface area contributed by atoms with Crippen molar-refractivity contribution in [3.8, 4) is 0 Å². The maximum atomic E-state index is 13.4. The molecular formula is C21H20FN3O3. The van der Waals surface area contributed by atoms with E-state index in [0.717, 1.165) is 0 Å². The predicted octanol–water partition coefficient (Wildman–Crippen LogP) is 3.31. The second-order valence-electron chi connectivity index (χ2n) is 6.99. The van der Waals surface area contributed by atoms with E-state index in [4.69, 9.17) is 4.42 Å². The summed E-state index contributed by atoms with van der Waals surface area (Å²) in [6.45, 7) is 2.82. The maximum absolute atomic E-state index is 13.4. The Morgan fingerprint density at radius 1 is 1.21 bits per heavy atom. The normalized spacial score (nSPS) is 15.0. The number of amides is 2. The van der Waals surface area contributed by atoms with E-state index in [-0.39, 0.29) is 23.7 Å². The van der Waals surface area contributed by atoms with Crippen LogP contribution in [0.4, 0.5) is 4.39 Å². The number of likely N-dealkylation sites (tertiary alicyclic amines) is 1. The standard InChI is InChI=1S/C21H20FN3O3/c1-13-18(6-9-28-13)20(26)24-17-4-7-25(8-5-17)21(27)15-10-14-11-16(22)2-3-19(14)23-12-15/h2-3,6,9-12,17H,4-5,7-8H2,1H3,(H,24,26). The summed E-state index contributed by atoms with van der Waals surface area (Å²) < 4.78 is 18.6. The van der Waals surface area contributed by atoms with Gasteiger partial charge in [-0.2, -0.15) is 0 Å². The lowest BCUT2D eigenvalue weighted by Crippen LogP contribution is -2.46. The van der Waals surface area contributed by atoms with Gasteiger partial charge in [0.05, 0.1) is 22.9 Å². The number of furan rings is 1. The first kappa shape index (κ1) is 18.2. The molecular weight excluding hydrogens is 361 g/mol. The monoisotopic (exact) mass is 381 g/mol. The van der Waals surface area contributed by atoms with Gasteiger partial charge in [0.1, 0.15) is 11.6 Å². The lowest BCUT2D eigenvalue weighted by molar-refractivity contribution is 0.0698. The number of piperidine rings is 1. The molecule has 0 radical (unpaired) electrons. The minimum Gasteiger partial charge on any atom is -0.469 e. The number of nitrogens with zero attached hydrogens (tertiary/aromatic N) is 2. The highest BCUT2D eigenvalue weighted by molar-refractivity contribution is 5.97. The molecule has 0 saturated carbocycles. The number of carbonyl (C=O) groups excluding carboxylic acids is 2. The van der Waals surface area contributed by atoms with Gasteiger partial charge in [-0.15, -0.1) is 0 Å². The Kier molecular flexibility index (Phi) is 4.81. The molecule has 3 heterocycles. The number of rotatable bonds is 3. The number of halogens is 1. The molecule has 1 aliphatic rings. The second kappa shape index (κ2) is 7.42. The van der Waals surface area contributed by atoms with Crippen LogP contribution in [-0.2, 0) is 0 Å². The van der Waals surface area contributed by atoms with E-state index in [2.05, 4.69) is 10.3 Å². The molecule has 1 aliphatic heterocycles. The van der Waals surface area contributed by atoms with Gasteiger partial charge in [0.25, 0.3) is 11.8 Å². The number of nitrogens with one attached hydrogen (secondary N) is 1. The van der Waals surface area contributed by atoms with Crippen molar-refractivity contribution in [2.24, 2.45) is 0 Å². The number of pyridine rings is 1. The summed E-state index contributed by atoms with van der Waals surface area (Å²) in [4.78, 5) is 31.1. The topological polar surface area (TPSA) is 75.4 Å². The van der Waals surface area contributed by atoms with E-state index >= 15 is 0 Å². The molecule has 4 rings (SSSR count). The van der Waals surface area contributed by atoms with Crippen molar-refractivity contribution in [1.82, 2.24) is 15.2 Å². The van der Waals surface area contributed by atoms with Crippen molar-refractivity contribution in [2.45, 2.75) is 25.8 Å². The summed E-state index contributed by atoms with van der Waals surface area (Å²) in [7, 11) is 0. The van der Waals surface area contributed by atoms with Crippen LogP contribution in [0.5, 0.6) is 0 Å². The summed E-state index contributed by atoms with van der Waals surface area (Å²) in [6.07, 6.45) is 4.36. The molecule has 1 fully saturated rings. The van der Waals surface area contributed by atoms with Crippen LogP contribution in [-0.4, -0.2) is 40.8 Å². The molecule has 3 aromatic rings. The number of benzene rings is 1. The molecule has 0 unspecified atom stereocenters. The van der Waals surface area contributed by atoms with Gasteiger partial charge in [0.2, 0.25) is 0 Å². The average molecular weight is 381 g/mol. The Hall–Kier alpha value is -3.22. The van der Waals surface area contributed by atoms with Gasteiger partial charge in [-0.1, -0.05) is 0 Å². The van der Waals surface area contributed by atoms with Gasteiger partial charge < -0.3 is 14.6 Å². The summed E-state index contributed by atoms with van der Waals surface area (Å²) in [5, 5.41) is 3.60. The maximum Gasteiger partial charge on any atom is 0.255 e. The second-order valence-corrected chi connectivity index (χ2v) is 6.99. The van der Waals surface area contributed by atoms with E-state index in [1.807, 2.05) is 0 Å². The first-order valence-corrected chi connectivity index (χ1v) is 9.21. The Bertz CT molecular complexity index is 1040. The van der Waals surface area contributed by atoms with Crippen LogP contribution in [0.25, 0.3) is 10.9 Å². The molecule has 144 valence electrons. The van der Waals surface area contributed by atoms with Gasteiger partial charge >= 0.3 is 0 Å². The van der Waals surface area contributed by atoms with Crippen molar-refractivity contribution in [3.05, 3.63) is 65.5 Å². The number of carbonyl (C=O) groups is 2. The van der Waals surface area contributed by atoms with Crippen LogP contribution in [0.1, 0.15) is 39.3 Å². The van der Waals surface area contributed by atoms with Crippen LogP contribution in [0.2, 0.25) is 0 Å². The molecule has 0 aliphatic carbocycles. The Morgan fingerprint density at radius 3 is 2.71 bits per heavy atom. The summed E-state index contributed by atoms with van der Waals surface area (Å²) >= 11 is 0. The van der Waals surface area contributed by atoms with Crippen LogP contribution >= 0.6 is 0 Å². The molecule has 1 N–H and O–H groups in total. The predicted molar refractivity (Wildman–Crippen MR) is 102 cm³/mol. The van der Waals surface area contributed by atoms with Crippen molar-refractivity contribution in [2.75, 3.05) is 13.1 Å². The molecule has 2 amide bonds. The highest BCUT2D eigenvalue weighted by atomic mass is 19.1. The fourth-order valence-electron chi connectivity index (χ4n) is 3.51. The fourth-order valence-corrected chi connectivity index (χ4v) is 3.51. The summed E-state index contributed by atoms with van der Waals surface area (Å²) in [6, 6.07) is 7.64. The van der Waals surface area contributed by atoms with Crippen LogP contribution in [0, 0.1) is 12.7 Å². The minimum atomic E-state index is -0.358. The van der Waals surface area contributed by atoms with E-state index < -0.39 is 0 Å². The molecule has 0 bridgehead atoms. The van der Waals surface area contributed by atoms with Gasteiger partial charge in [-0.25, -0.2) is 4.39 Å². The van der Waals surface area contributed by atoms with Gasteiger partial charge in [0, 0.05) is 30.7 Å². The first-order valence-electron chi connectivity index (χ1n) is 9.21. The Labute approximate surface area is 161 Å². The zero-order valence-corrected chi connectivity index (χ0v) is 15.4. The number of aryl methyl sites for hydroxylation is 1. The molecule has 6 nitrogen and oxygen atoms in total. The lowest BCUT2D eigenvalue weighted by atomic mass is 10.0. The van der Waals surface area contributed by atoms with Crippen molar-refractivity contribution in [3.63, 3.8) is 0 Å². The van der Waals surface area contributed by atoms with Crippen LogP contribution < -0.4 is 5.32 Å². The van der Waals surface area contributed by atoms with E-state index in [0.29, 0.717) is 53.7 Å². The van der Waals surface area contributed by atoms with Gasteiger partial charge in [-0.3, -0.25) is 14.6 Å². The van der Waals surface area contributed by atoms with E-state index in [1.54, 1.807) is 30.0 Å². The zero-order chi connectivity index (χ0) is 19.7. The lowest BCUT2D eigenvalue weighted by Gasteiger charge is -2.32. The van der Waals surface area contributed by atoms with Crippen molar-refractivity contribution >= 4 is 22.7 Å². The molecule has 0 spiro atoms. The third-order valence-corrected chi connectivity index (χ3v) is 5.11. The molecule has 1 aromatic carbocycles. The van der Waals surface area contributed by atoms with Crippen LogP contribution in [0.15, 0.2) is 47.2 Å². The number of aromatic nitrogens is 1. The largest absolute Gasteiger partial charge is 0.469 e. The van der Waals surface area contributed by atoms with Crippen molar-refractivity contribution in [1.29, 1.82) is 0 Å². The van der Waals surface area contributed by atoms with Gasteiger partial charge in [0.15, 0.2) is 0 Å². The smallest absolute Gasteiger partial charge is 0.255 e. The number of hydrogen-bond acceptors (Lipinski definition) is 4. The average Bonchev–Trinajstić information content (AvgIpc) is 3.13. The summed E-state index contributed by atoms with van der Waals surface area (Å²) in [5.74, 6) is -0.0560. The van der Waals surface area contributed by atoms with E-state index in [1.165, 1.54) is 24.6 Å². The molecule has 2 aromatic heterocycles. The summed E-state index contributed by atoms with van der Waals surface area (Å²) in [5.41, 5.74) is 1.62. The van der Waals surface area contributed by atoms with Crippen LogP contribution in [0.3, 0.4) is 0 Å². The SMILES string of the molecule is Cc1occc1C(=O)NC1CCN(C(=O)c2cnc3ccc(F)cc3c2)CC1. The first-order chi connectivity index (χ1) is 13.5. The Morgan fingerprint density at radius 2 is 2.00 bits per heavy atom. The molecule has 28 heavy (non-hydrogen) atoms. The Balaban J connectivity index is 1.39. The quantitative estimate of drug-likeness (QED) is 0.755. The molecule has 1 saturated heterocycles. The molecule has 0 atom stereocenters. The highest BCUT2D eigenvalue weighted by Crippen LogP contribution is 2.19. The van der Waals surface area contributed by atoms with E-state index in [9.17, 15) is 14.0 Å². The number of hydrogen-bond donors (Lipinski definition) is 1. The zero-order valence-electron chi connectivity index (χ0n) is 15.4.